The Kier molecular flexibility index (Phi) is 6.11. The molecule has 0 aliphatic rings. The van der Waals surface area contributed by atoms with E-state index in [4.69, 9.17) is 15.2 Å². The molecule has 0 atom stereocenters. The van der Waals surface area contributed by atoms with Gasteiger partial charge in [0.05, 0.1) is 18.2 Å². The minimum absolute atomic E-state index is 0.0257. The maximum Gasteiger partial charge on any atom is 0.339 e. The average molecular weight is 343 g/mol. The average Bonchev–Trinajstić information content (AvgIpc) is 2.64. The predicted octanol–water partition coefficient (Wildman–Crippen LogP) is 1.69. The Morgan fingerprint density at radius 1 is 0.960 bits per heavy atom. The zero-order chi connectivity index (χ0) is 18.2. The van der Waals surface area contributed by atoms with Crippen molar-refractivity contribution >= 4 is 17.8 Å². The van der Waals surface area contributed by atoms with E-state index < -0.39 is 17.8 Å². The number of ether oxygens (including phenoxy) is 3. The largest absolute Gasteiger partial charge is 0.484 e. The fraction of sp³-hybridized carbons (Fsp3) is 0.167. The van der Waals surface area contributed by atoms with Crippen molar-refractivity contribution in [2.75, 3.05) is 13.7 Å². The Labute approximate surface area is 144 Å². The van der Waals surface area contributed by atoms with Crippen molar-refractivity contribution in [2.24, 2.45) is 5.73 Å². The molecule has 0 spiro atoms. The van der Waals surface area contributed by atoms with Crippen LogP contribution in [0.25, 0.3) is 0 Å². The summed E-state index contributed by atoms with van der Waals surface area (Å²) in [5, 5.41) is 0. The molecule has 0 fully saturated rings. The van der Waals surface area contributed by atoms with Crippen molar-refractivity contribution < 1.29 is 28.6 Å². The SMILES string of the molecule is COC(=O)c1ccccc1C(=O)OCc1cccc(OCC(N)=O)c1. The summed E-state index contributed by atoms with van der Waals surface area (Å²) in [5.74, 6) is -1.42. The second-order valence-corrected chi connectivity index (χ2v) is 5.02. The molecule has 130 valence electrons. The van der Waals surface area contributed by atoms with E-state index in [1.807, 2.05) is 0 Å². The number of nitrogens with two attached hydrogens (primary N) is 1. The second-order valence-electron chi connectivity index (χ2n) is 5.02. The van der Waals surface area contributed by atoms with Crippen LogP contribution in [0.3, 0.4) is 0 Å². The van der Waals surface area contributed by atoms with Crippen molar-refractivity contribution in [3.8, 4) is 5.75 Å². The lowest BCUT2D eigenvalue weighted by molar-refractivity contribution is -0.119. The van der Waals surface area contributed by atoms with Crippen LogP contribution in [0.15, 0.2) is 48.5 Å². The number of methoxy groups -OCH3 is 1. The first kappa shape index (κ1) is 18.0. The molecular weight excluding hydrogens is 326 g/mol. The van der Waals surface area contributed by atoms with E-state index in [2.05, 4.69) is 4.74 Å². The van der Waals surface area contributed by atoms with Crippen LogP contribution in [0.2, 0.25) is 0 Å². The third-order valence-corrected chi connectivity index (χ3v) is 3.20. The molecule has 0 unspecified atom stereocenters. The van der Waals surface area contributed by atoms with E-state index in [1.165, 1.54) is 19.2 Å². The number of esters is 2. The highest BCUT2D eigenvalue weighted by Gasteiger charge is 2.18. The molecule has 0 heterocycles. The molecule has 1 amide bonds. The van der Waals surface area contributed by atoms with E-state index >= 15 is 0 Å². The van der Waals surface area contributed by atoms with Crippen LogP contribution in [0.5, 0.6) is 5.75 Å². The summed E-state index contributed by atoms with van der Waals surface area (Å²) < 4.78 is 15.1. The molecule has 7 heteroatoms. The first-order chi connectivity index (χ1) is 12.0. The van der Waals surface area contributed by atoms with Gasteiger partial charge >= 0.3 is 11.9 Å². The summed E-state index contributed by atoms with van der Waals surface area (Å²) in [7, 11) is 1.24. The van der Waals surface area contributed by atoms with E-state index in [-0.39, 0.29) is 24.3 Å². The smallest absolute Gasteiger partial charge is 0.339 e. The number of hydrogen-bond donors (Lipinski definition) is 1. The number of carbonyl (C=O) groups excluding carboxylic acids is 3. The number of amides is 1. The number of carbonyl (C=O) groups is 3. The summed E-state index contributed by atoms with van der Waals surface area (Å²) in [6, 6.07) is 12.9. The molecule has 0 aliphatic carbocycles. The van der Waals surface area contributed by atoms with Gasteiger partial charge in [0.1, 0.15) is 12.4 Å². The van der Waals surface area contributed by atoms with Gasteiger partial charge in [-0.2, -0.15) is 0 Å². The molecule has 25 heavy (non-hydrogen) atoms. The van der Waals surface area contributed by atoms with Crippen LogP contribution in [-0.4, -0.2) is 31.6 Å². The maximum absolute atomic E-state index is 12.2. The lowest BCUT2D eigenvalue weighted by Crippen LogP contribution is -2.20. The number of primary amides is 1. The Balaban J connectivity index is 2.04. The van der Waals surface area contributed by atoms with E-state index in [1.54, 1.807) is 36.4 Å². The highest BCUT2D eigenvalue weighted by molar-refractivity contribution is 6.03. The molecule has 2 aromatic rings. The van der Waals surface area contributed by atoms with Crippen LogP contribution in [0.4, 0.5) is 0 Å². The zero-order valence-electron chi connectivity index (χ0n) is 13.6. The van der Waals surface area contributed by atoms with Crippen LogP contribution in [0, 0.1) is 0 Å². The predicted molar refractivity (Wildman–Crippen MR) is 88.0 cm³/mol. The van der Waals surface area contributed by atoms with Gasteiger partial charge in [0.15, 0.2) is 6.61 Å². The van der Waals surface area contributed by atoms with Crippen molar-refractivity contribution in [3.05, 3.63) is 65.2 Å². The van der Waals surface area contributed by atoms with E-state index in [0.717, 1.165) is 0 Å². The van der Waals surface area contributed by atoms with Crippen molar-refractivity contribution in [3.63, 3.8) is 0 Å². The first-order valence-electron chi connectivity index (χ1n) is 7.35. The Hall–Kier alpha value is -3.35. The quantitative estimate of drug-likeness (QED) is 0.767. The minimum Gasteiger partial charge on any atom is -0.484 e. The van der Waals surface area contributed by atoms with Gasteiger partial charge in [0, 0.05) is 0 Å². The molecule has 0 bridgehead atoms. The summed E-state index contributed by atoms with van der Waals surface area (Å²) in [5.41, 5.74) is 5.93. The third kappa shape index (κ3) is 5.07. The van der Waals surface area contributed by atoms with Gasteiger partial charge in [-0.05, 0) is 29.8 Å². The third-order valence-electron chi connectivity index (χ3n) is 3.20. The molecule has 0 saturated heterocycles. The zero-order valence-corrected chi connectivity index (χ0v) is 13.6. The molecule has 0 aliphatic heterocycles. The van der Waals surface area contributed by atoms with Crippen LogP contribution in [-0.2, 0) is 20.9 Å². The van der Waals surface area contributed by atoms with Crippen LogP contribution in [0.1, 0.15) is 26.3 Å². The molecular formula is C18H17NO6. The van der Waals surface area contributed by atoms with Gasteiger partial charge in [-0.1, -0.05) is 24.3 Å². The van der Waals surface area contributed by atoms with Gasteiger partial charge in [-0.25, -0.2) is 9.59 Å². The molecule has 2 aromatic carbocycles. The minimum atomic E-state index is -0.649. The molecule has 7 nitrogen and oxygen atoms in total. The molecule has 0 saturated carbocycles. The molecule has 0 aromatic heterocycles. The number of benzene rings is 2. The fourth-order valence-corrected chi connectivity index (χ4v) is 2.06. The summed E-state index contributed by atoms with van der Waals surface area (Å²) >= 11 is 0. The topological polar surface area (TPSA) is 105 Å². The van der Waals surface area contributed by atoms with E-state index in [9.17, 15) is 14.4 Å². The normalized spacial score (nSPS) is 9.96. The second kappa shape index (κ2) is 8.49. The van der Waals surface area contributed by atoms with Crippen LogP contribution < -0.4 is 10.5 Å². The monoisotopic (exact) mass is 343 g/mol. The maximum atomic E-state index is 12.2. The Morgan fingerprint density at radius 2 is 1.64 bits per heavy atom. The highest BCUT2D eigenvalue weighted by atomic mass is 16.5. The lowest BCUT2D eigenvalue weighted by atomic mass is 10.1. The van der Waals surface area contributed by atoms with Gasteiger partial charge in [-0.3, -0.25) is 4.79 Å². The molecule has 2 rings (SSSR count). The number of rotatable bonds is 7. The van der Waals surface area contributed by atoms with E-state index in [0.29, 0.717) is 11.3 Å². The molecule has 0 radical (unpaired) electrons. The van der Waals surface area contributed by atoms with Crippen LogP contribution >= 0.6 is 0 Å². The fourth-order valence-electron chi connectivity index (χ4n) is 2.06. The van der Waals surface area contributed by atoms with Gasteiger partial charge in [0.2, 0.25) is 0 Å². The number of hydrogen-bond acceptors (Lipinski definition) is 6. The van der Waals surface area contributed by atoms with Gasteiger partial charge < -0.3 is 19.9 Å². The standard InChI is InChI=1S/C18H17NO6/c1-23-17(21)14-7-2-3-8-15(14)18(22)25-10-12-5-4-6-13(9-12)24-11-16(19)20/h2-9H,10-11H2,1H3,(H2,19,20). The van der Waals surface area contributed by atoms with Crippen molar-refractivity contribution in [2.45, 2.75) is 6.61 Å². The Bertz CT molecular complexity index is 787. The summed E-state index contributed by atoms with van der Waals surface area (Å²) in [6.07, 6.45) is 0. The molecule has 2 N–H and O–H groups in total. The highest BCUT2D eigenvalue weighted by Crippen LogP contribution is 2.16. The first-order valence-corrected chi connectivity index (χ1v) is 7.35. The van der Waals surface area contributed by atoms with Gasteiger partial charge in [-0.15, -0.1) is 0 Å². The summed E-state index contributed by atoms with van der Waals surface area (Å²) in [6.45, 7) is -0.266. The summed E-state index contributed by atoms with van der Waals surface area (Å²) in [4.78, 5) is 34.7. The van der Waals surface area contributed by atoms with Crippen molar-refractivity contribution in [1.82, 2.24) is 0 Å². The van der Waals surface area contributed by atoms with Crippen molar-refractivity contribution in [1.29, 1.82) is 0 Å². The van der Waals surface area contributed by atoms with Gasteiger partial charge in [0.25, 0.3) is 5.91 Å². The lowest BCUT2D eigenvalue weighted by Gasteiger charge is -2.09. The Morgan fingerprint density at radius 3 is 2.28 bits per heavy atom.